The maximum atomic E-state index is 12.4. The zero-order chi connectivity index (χ0) is 14.3. The van der Waals surface area contributed by atoms with Crippen LogP contribution in [0.4, 0.5) is 5.82 Å². The van der Waals surface area contributed by atoms with Gasteiger partial charge in [-0.05, 0) is 26.7 Å². The summed E-state index contributed by atoms with van der Waals surface area (Å²) < 4.78 is 1.86. The van der Waals surface area contributed by atoms with Gasteiger partial charge in [0.15, 0.2) is 0 Å². The number of carbonyl (C=O) groups is 1. The summed E-state index contributed by atoms with van der Waals surface area (Å²) in [7, 11) is 0. The molecule has 5 heteroatoms. The van der Waals surface area contributed by atoms with Gasteiger partial charge in [0.2, 0.25) is 5.91 Å². The summed E-state index contributed by atoms with van der Waals surface area (Å²) in [6.07, 6.45) is 7.04. The standard InChI is InChI=1S/C15H20N4O/c1-10(2)19-13-12(9-17-19)15(6-4-3-5-7-15)11(8-16)14(20)18-13/h9-11H,3-7H2,1-2H3,(H,18,20). The predicted molar refractivity (Wildman–Crippen MR) is 75.1 cm³/mol. The van der Waals surface area contributed by atoms with Crippen LogP contribution in [0.2, 0.25) is 0 Å². The molecular weight excluding hydrogens is 252 g/mol. The minimum atomic E-state index is -0.583. The van der Waals surface area contributed by atoms with Gasteiger partial charge in [-0.1, -0.05) is 19.3 Å². The number of aromatic nitrogens is 2. The smallest absolute Gasteiger partial charge is 0.243 e. The lowest BCUT2D eigenvalue weighted by Gasteiger charge is -2.43. The minimum absolute atomic E-state index is 0.163. The molecule has 1 fully saturated rings. The molecule has 1 atom stereocenters. The highest BCUT2D eigenvalue weighted by atomic mass is 16.2. The first-order valence-electron chi connectivity index (χ1n) is 7.38. The summed E-state index contributed by atoms with van der Waals surface area (Å²) >= 11 is 0. The highest BCUT2D eigenvalue weighted by molar-refractivity contribution is 5.98. The third-order valence-corrected chi connectivity index (χ3v) is 4.75. The van der Waals surface area contributed by atoms with E-state index in [2.05, 4.69) is 16.5 Å². The molecule has 1 saturated carbocycles. The molecular formula is C15H20N4O. The van der Waals surface area contributed by atoms with Crippen molar-refractivity contribution < 1.29 is 4.79 Å². The maximum absolute atomic E-state index is 12.4. The van der Waals surface area contributed by atoms with Gasteiger partial charge in [0.1, 0.15) is 11.7 Å². The number of nitriles is 1. The second-order valence-electron chi connectivity index (χ2n) is 6.21. The van der Waals surface area contributed by atoms with Crippen molar-refractivity contribution in [3.63, 3.8) is 0 Å². The molecule has 1 aromatic rings. The zero-order valence-corrected chi connectivity index (χ0v) is 12.0. The van der Waals surface area contributed by atoms with Crippen molar-refractivity contribution in [1.29, 1.82) is 5.26 Å². The summed E-state index contributed by atoms with van der Waals surface area (Å²) in [5.74, 6) is 0.0582. The molecule has 1 N–H and O–H groups in total. The van der Waals surface area contributed by atoms with Crippen LogP contribution in [-0.2, 0) is 10.2 Å². The van der Waals surface area contributed by atoms with Crippen molar-refractivity contribution in [1.82, 2.24) is 9.78 Å². The summed E-state index contributed by atoms with van der Waals surface area (Å²) in [5, 5.41) is 16.8. The first kappa shape index (κ1) is 13.2. The van der Waals surface area contributed by atoms with Crippen LogP contribution in [-0.4, -0.2) is 15.7 Å². The minimum Gasteiger partial charge on any atom is -0.309 e. The van der Waals surface area contributed by atoms with E-state index in [0.717, 1.165) is 37.1 Å². The van der Waals surface area contributed by atoms with Gasteiger partial charge in [-0.3, -0.25) is 4.79 Å². The monoisotopic (exact) mass is 272 g/mol. The Morgan fingerprint density at radius 2 is 2.15 bits per heavy atom. The third-order valence-electron chi connectivity index (χ3n) is 4.75. The lowest BCUT2D eigenvalue weighted by molar-refractivity contribution is -0.121. The van der Waals surface area contributed by atoms with Crippen LogP contribution >= 0.6 is 0 Å². The van der Waals surface area contributed by atoms with Crippen LogP contribution in [0.3, 0.4) is 0 Å². The van der Waals surface area contributed by atoms with Crippen LogP contribution in [0, 0.1) is 17.2 Å². The summed E-state index contributed by atoms with van der Waals surface area (Å²) in [5.41, 5.74) is 0.745. The highest BCUT2D eigenvalue weighted by Gasteiger charge is 2.51. The average molecular weight is 272 g/mol. The highest BCUT2D eigenvalue weighted by Crippen LogP contribution is 2.50. The van der Waals surface area contributed by atoms with E-state index in [0.29, 0.717) is 0 Å². The Morgan fingerprint density at radius 3 is 2.75 bits per heavy atom. The summed E-state index contributed by atoms with van der Waals surface area (Å²) in [4.78, 5) is 12.4. The average Bonchev–Trinajstić information content (AvgIpc) is 2.84. The molecule has 0 bridgehead atoms. The molecule has 3 rings (SSSR count). The Morgan fingerprint density at radius 1 is 1.45 bits per heavy atom. The van der Waals surface area contributed by atoms with Gasteiger partial charge in [0, 0.05) is 17.0 Å². The fourth-order valence-electron chi connectivity index (χ4n) is 3.76. The van der Waals surface area contributed by atoms with E-state index in [4.69, 9.17) is 0 Å². The second-order valence-corrected chi connectivity index (χ2v) is 6.21. The predicted octanol–water partition coefficient (Wildman–Crippen LogP) is 2.76. The first-order chi connectivity index (χ1) is 9.60. The molecule has 0 radical (unpaired) electrons. The van der Waals surface area contributed by atoms with Crippen LogP contribution in [0.5, 0.6) is 0 Å². The quantitative estimate of drug-likeness (QED) is 0.854. The van der Waals surface area contributed by atoms with Crippen LogP contribution in [0.25, 0.3) is 0 Å². The van der Waals surface area contributed by atoms with Gasteiger partial charge in [0.05, 0.1) is 12.3 Å². The van der Waals surface area contributed by atoms with Crippen molar-refractivity contribution >= 4 is 11.7 Å². The third kappa shape index (κ3) is 1.67. The van der Waals surface area contributed by atoms with Crippen molar-refractivity contribution in [2.75, 3.05) is 5.32 Å². The summed E-state index contributed by atoms with van der Waals surface area (Å²) in [6, 6.07) is 2.44. The number of nitrogens with zero attached hydrogens (tertiary/aromatic N) is 3. The molecule has 1 aromatic heterocycles. The van der Waals surface area contributed by atoms with E-state index in [1.54, 1.807) is 0 Å². The van der Waals surface area contributed by atoms with Crippen molar-refractivity contribution in [3.05, 3.63) is 11.8 Å². The van der Waals surface area contributed by atoms with Crippen LogP contribution < -0.4 is 5.32 Å². The van der Waals surface area contributed by atoms with Gasteiger partial charge in [-0.15, -0.1) is 0 Å². The van der Waals surface area contributed by atoms with Crippen LogP contribution in [0.1, 0.15) is 57.6 Å². The lowest BCUT2D eigenvalue weighted by Crippen LogP contribution is -2.47. The Hall–Kier alpha value is -1.83. The molecule has 0 aromatic carbocycles. The van der Waals surface area contributed by atoms with Gasteiger partial charge < -0.3 is 5.32 Å². The van der Waals surface area contributed by atoms with Crippen molar-refractivity contribution in [3.8, 4) is 6.07 Å². The molecule has 106 valence electrons. The largest absolute Gasteiger partial charge is 0.309 e. The Kier molecular flexibility index (Phi) is 3.04. The molecule has 2 aliphatic rings. The lowest BCUT2D eigenvalue weighted by atomic mass is 9.61. The molecule has 20 heavy (non-hydrogen) atoms. The van der Waals surface area contributed by atoms with Crippen LogP contribution in [0.15, 0.2) is 6.20 Å². The Balaban J connectivity index is 2.17. The van der Waals surface area contributed by atoms with E-state index in [1.165, 1.54) is 6.42 Å². The number of hydrogen-bond acceptors (Lipinski definition) is 3. The number of fused-ring (bicyclic) bond motifs is 2. The normalized spacial score (nSPS) is 24.3. The topological polar surface area (TPSA) is 70.7 Å². The van der Waals surface area contributed by atoms with Gasteiger partial charge >= 0.3 is 0 Å². The molecule has 1 amide bonds. The number of rotatable bonds is 1. The SMILES string of the molecule is CC(C)n1ncc2c1NC(=O)C(C#N)C21CCCCC1. The number of hydrogen-bond donors (Lipinski definition) is 1. The molecule has 1 unspecified atom stereocenters. The van der Waals surface area contributed by atoms with Gasteiger partial charge in [-0.25, -0.2) is 4.68 Å². The Labute approximate surface area is 119 Å². The Bertz CT molecular complexity index is 575. The number of amides is 1. The van der Waals surface area contributed by atoms with Gasteiger partial charge in [-0.2, -0.15) is 10.4 Å². The molecule has 5 nitrogen and oxygen atoms in total. The molecule has 1 spiro atoms. The molecule has 1 aliphatic carbocycles. The molecule has 2 heterocycles. The second kappa shape index (κ2) is 4.62. The summed E-state index contributed by atoms with van der Waals surface area (Å²) in [6.45, 7) is 4.09. The van der Waals surface area contributed by atoms with E-state index < -0.39 is 5.92 Å². The zero-order valence-electron chi connectivity index (χ0n) is 12.0. The fourth-order valence-corrected chi connectivity index (χ4v) is 3.76. The number of nitrogens with one attached hydrogen (secondary N) is 1. The van der Waals surface area contributed by atoms with E-state index in [1.807, 2.05) is 24.7 Å². The van der Waals surface area contributed by atoms with E-state index in [9.17, 15) is 10.1 Å². The number of carbonyl (C=O) groups excluding carboxylic acids is 1. The molecule has 1 aliphatic heterocycles. The first-order valence-corrected chi connectivity index (χ1v) is 7.38. The fraction of sp³-hybridized carbons (Fsp3) is 0.667. The molecule has 0 saturated heterocycles. The van der Waals surface area contributed by atoms with Crippen molar-refractivity contribution in [2.24, 2.45) is 5.92 Å². The maximum Gasteiger partial charge on any atom is 0.243 e. The van der Waals surface area contributed by atoms with E-state index >= 15 is 0 Å². The van der Waals surface area contributed by atoms with Crippen molar-refractivity contribution in [2.45, 2.75) is 57.4 Å². The number of anilines is 1. The van der Waals surface area contributed by atoms with Gasteiger partial charge in [0.25, 0.3) is 0 Å². The van der Waals surface area contributed by atoms with E-state index in [-0.39, 0.29) is 17.4 Å².